The van der Waals surface area contributed by atoms with Gasteiger partial charge in [-0.3, -0.25) is 9.78 Å². The zero-order chi connectivity index (χ0) is 18.6. The van der Waals surface area contributed by atoms with Crippen LogP contribution >= 0.6 is 11.3 Å². The average Bonchev–Trinajstić information content (AvgIpc) is 3.26. The quantitative estimate of drug-likeness (QED) is 0.500. The number of amides is 1. The summed E-state index contributed by atoms with van der Waals surface area (Å²) in [5.74, 6) is -0.00355. The van der Waals surface area contributed by atoms with E-state index in [-0.39, 0.29) is 5.91 Å². The number of carbonyl (C=O) groups excluding carboxylic acids is 1. The number of rotatable bonds is 6. The number of hydrogen-bond donors (Lipinski definition) is 2. The predicted molar refractivity (Wildman–Crippen MR) is 110 cm³/mol. The molecule has 4 aromatic rings. The van der Waals surface area contributed by atoms with Gasteiger partial charge in [0.25, 0.3) is 0 Å². The molecule has 5 nitrogen and oxygen atoms in total. The van der Waals surface area contributed by atoms with Crippen LogP contribution in [0.2, 0.25) is 0 Å². The van der Waals surface area contributed by atoms with E-state index >= 15 is 0 Å². The lowest BCUT2D eigenvalue weighted by atomic mass is 10.1. The molecule has 0 fully saturated rings. The number of nitrogens with zero attached hydrogens (tertiary/aromatic N) is 2. The fourth-order valence-corrected chi connectivity index (χ4v) is 4.10. The number of aromatic nitrogens is 3. The van der Waals surface area contributed by atoms with E-state index in [1.807, 2.05) is 43.5 Å². The van der Waals surface area contributed by atoms with Crippen LogP contribution in [-0.2, 0) is 11.2 Å². The van der Waals surface area contributed by atoms with Crippen LogP contribution in [0.4, 0.5) is 5.13 Å². The highest BCUT2D eigenvalue weighted by Gasteiger charge is 2.13. The second-order valence-corrected chi connectivity index (χ2v) is 7.41. The number of benzene rings is 1. The molecule has 0 aliphatic carbocycles. The Morgan fingerprint density at radius 1 is 1.19 bits per heavy atom. The van der Waals surface area contributed by atoms with Gasteiger partial charge in [-0.15, -0.1) is 0 Å². The van der Waals surface area contributed by atoms with Gasteiger partial charge >= 0.3 is 0 Å². The van der Waals surface area contributed by atoms with Gasteiger partial charge in [0.2, 0.25) is 5.91 Å². The summed E-state index contributed by atoms with van der Waals surface area (Å²) in [6.45, 7) is 1.94. The van der Waals surface area contributed by atoms with Gasteiger partial charge in [0.05, 0.1) is 16.3 Å². The van der Waals surface area contributed by atoms with E-state index in [9.17, 15) is 4.79 Å². The summed E-state index contributed by atoms with van der Waals surface area (Å²) < 4.78 is 0. The van der Waals surface area contributed by atoms with Gasteiger partial charge in [-0.25, -0.2) is 4.98 Å². The Bertz CT molecular complexity index is 1070. The van der Waals surface area contributed by atoms with Crippen LogP contribution in [0.25, 0.3) is 21.5 Å². The summed E-state index contributed by atoms with van der Waals surface area (Å²) in [5.41, 5.74) is 4.15. The third kappa shape index (κ3) is 3.90. The van der Waals surface area contributed by atoms with E-state index < -0.39 is 0 Å². The second kappa shape index (κ2) is 7.72. The van der Waals surface area contributed by atoms with Crippen LogP contribution in [0.5, 0.6) is 0 Å². The molecule has 1 amide bonds. The molecule has 1 aromatic carbocycles. The van der Waals surface area contributed by atoms with Crippen molar-refractivity contribution in [2.75, 3.05) is 5.32 Å². The fraction of sp³-hybridized carbons (Fsp3) is 0.190. The van der Waals surface area contributed by atoms with Crippen molar-refractivity contribution < 1.29 is 4.79 Å². The molecule has 136 valence electrons. The Balaban J connectivity index is 1.35. The summed E-state index contributed by atoms with van der Waals surface area (Å²) in [6.07, 6.45) is 5.93. The van der Waals surface area contributed by atoms with E-state index in [4.69, 9.17) is 0 Å². The molecule has 0 saturated carbocycles. The summed E-state index contributed by atoms with van der Waals surface area (Å²) in [6, 6.07) is 14.0. The van der Waals surface area contributed by atoms with Crippen molar-refractivity contribution in [2.24, 2.45) is 0 Å². The number of nitrogens with one attached hydrogen (secondary N) is 2. The van der Waals surface area contributed by atoms with Crippen LogP contribution in [0, 0.1) is 6.92 Å². The highest BCUT2D eigenvalue weighted by molar-refractivity contribution is 7.19. The Hall–Kier alpha value is -2.99. The molecule has 0 unspecified atom stereocenters. The number of anilines is 1. The number of aromatic amines is 1. The molecular formula is C21H20N4OS. The number of hydrogen-bond acceptors (Lipinski definition) is 4. The third-order valence-electron chi connectivity index (χ3n) is 4.47. The number of pyridine rings is 1. The largest absolute Gasteiger partial charge is 0.361 e. The smallest absolute Gasteiger partial charge is 0.226 e. The maximum absolute atomic E-state index is 12.3. The normalized spacial score (nSPS) is 11.0. The molecule has 0 aliphatic heterocycles. The van der Waals surface area contributed by atoms with Gasteiger partial charge < -0.3 is 10.3 Å². The zero-order valence-corrected chi connectivity index (χ0v) is 15.8. The van der Waals surface area contributed by atoms with Crippen molar-refractivity contribution in [1.29, 1.82) is 0 Å². The number of para-hydroxylation sites is 1. The molecule has 4 rings (SSSR count). The first kappa shape index (κ1) is 17.4. The Morgan fingerprint density at radius 3 is 2.89 bits per heavy atom. The fourth-order valence-electron chi connectivity index (χ4n) is 3.14. The maximum Gasteiger partial charge on any atom is 0.226 e. The SMILES string of the molecule is Cc1nc(NC(=O)CCCc2c[nH]c3ccccc23)sc1-c1ccccn1. The third-order valence-corrected chi connectivity index (χ3v) is 5.56. The number of fused-ring (bicyclic) bond motifs is 1. The number of aryl methyl sites for hydroxylation is 2. The summed E-state index contributed by atoms with van der Waals surface area (Å²) in [7, 11) is 0. The number of thiazole rings is 1. The molecule has 0 aliphatic rings. The van der Waals surface area contributed by atoms with Crippen molar-refractivity contribution in [1.82, 2.24) is 15.0 Å². The van der Waals surface area contributed by atoms with Crippen LogP contribution in [0.15, 0.2) is 54.9 Å². The molecule has 3 heterocycles. The lowest BCUT2D eigenvalue weighted by Gasteiger charge is -2.02. The molecule has 6 heteroatoms. The van der Waals surface area contributed by atoms with E-state index in [1.54, 1.807) is 6.20 Å². The molecule has 0 radical (unpaired) electrons. The molecule has 27 heavy (non-hydrogen) atoms. The average molecular weight is 376 g/mol. The summed E-state index contributed by atoms with van der Waals surface area (Å²) in [4.78, 5) is 25.4. The van der Waals surface area contributed by atoms with Crippen LogP contribution in [-0.4, -0.2) is 20.9 Å². The van der Waals surface area contributed by atoms with Crippen molar-refractivity contribution >= 4 is 33.3 Å². The second-order valence-electron chi connectivity index (χ2n) is 6.41. The molecule has 3 aromatic heterocycles. The first-order chi connectivity index (χ1) is 13.2. The molecule has 2 N–H and O–H groups in total. The Labute approximate surface area is 161 Å². The van der Waals surface area contributed by atoms with Gasteiger partial charge in [-0.2, -0.15) is 0 Å². The molecular weight excluding hydrogens is 356 g/mol. The topological polar surface area (TPSA) is 70.7 Å². The highest BCUT2D eigenvalue weighted by Crippen LogP contribution is 2.31. The van der Waals surface area contributed by atoms with E-state index in [0.29, 0.717) is 11.6 Å². The van der Waals surface area contributed by atoms with E-state index in [1.165, 1.54) is 22.3 Å². The van der Waals surface area contributed by atoms with E-state index in [0.717, 1.165) is 34.6 Å². The van der Waals surface area contributed by atoms with Crippen LogP contribution in [0.1, 0.15) is 24.1 Å². The minimum Gasteiger partial charge on any atom is -0.361 e. The lowest BCUT2D eigenvalue weighted by molar-refractivity contribution is -0.116. The number of H-pyrrole nitrogens is 1. The van der Waals surface area contributed by atoms with Crippen molar-refractivity contribution in [3.8, 4) is 10.6 Å². The minimum absolute atomic E-state index is 0.00355. The zero-order valence-electron chi connectivity index (χ0n) is 15.0. The standard InChI is InChI=1S/C21H20N4OS/c1-14-20(18-10-4-5-12-22-18)27-21(24-14)25-19(26)11-6-7-15-13-23-17-9-3-2-8-16(15)17/h2-5,8-10,12-13,23H,6-7,11H2,1H3,(H,24,25,26). The predicted octanol–water partition coefficient (Wildman–Crippen LogP) is 4.96. The van der Waals surface area contributed by atoms with E-state index in [2.05, 4.69) is 32.4 Å². The molecule has 0 bridgehead atoms. The molecule has 0 saturated heterocycles. The first-order valence-corrected chi connectivity index (χ1v) is 9.76. The van der Waals surface area contributed by atoms with Crippen molar-refractivity contribution in [2.45, 2.75) is 26.2 Å². The monoisotopic (exact) mass is 376 g/mol. The summed E-state index contributed by atoms with van der Waals surface area (Å²) in [5, 5.41) is 4.78. The Kier molecular flexibility index (Phi) is 4.98. The maximum atomic E-state index is 12.3. The van der Waals surface area contributed by atoms with Gasteiger partial charge in [0, 0.05) is 29.7 Å². The van der Waals surface area contributed by atoms with Gasteiger partial charge in [0.1, 0.15) is 0 Å². The van der Waals surface area contributed by atoms with Crippen molar-refractivity contribution in [3.05, 3.63) is 66.1 Å². The van der Waals surface area contributed by atoms with Gasteiger partial charge in [-0.1, -0.05) is 35.6 Å². The van der Waals surface area contributed by atoms with Gasteiger partial charge in [-0.05, 0) is 43.5 Å². The Morgan fingerprint density at radius 2 is 2.04 bits per heavy atom. The molecule has 0 spiro atoms. The van der Waals surface area contributed by atoms with Gasteiger partial charge in [0.15, 0.2) is 5.13 Å². The lowest BCUT2D eigenvalue weighted by Crippen LogP contribution is -2.11. The minimum atomic E-state index is -0.00355. The highest BCUT2D eigenvalue weighted by atomic mass is 32.1. The van der Waals surface area contributed by atoms with Crippen molar-refractivity contribution in [3.63, 3.8) is 0 Å². The van der Waals surface area contributed by atoms with Crippen LogP contribution < -0.4 is 5.32 Å². The summed E-state index contributed by atoms with van der Waals surface area (Å²) >= 11 is 1.46. The number of carbonyl (C=O) groups is 1. The first-order valence-electron chi connectivity index (χ1n) is 8.94. The molecule has 0 atom stereocenters. The van der Waals surface area contributed by atoms with Crippen LogP contribution in [0.3, 0.4) is 0 Å².